The SMILES string of the molecule is CC(C)(C)C1CCN(CC2CCC(C(=O)NN)O2)C1. The minimum atomic E-state index is -0.351. The van der Waals surface area contributed by atoms with Crippen LogP contribution in [0.15, 0.2) is 0 Å². The number of nitrogens with one attached hydrogen (secondary N) is 1. The first-order chi connectivity index (χ1) is 8.90. The molecule has 19 heavy (non-hydrogen) atoms. The quantitative estimate of drug-likeness (QED) is 0.454. The second-order valence-electron chi connectivity index (χ2n) is 6.94. The molecule has 1 amide bonds. The van der Waals surface area contributed by atoms with E-state index in [0.29, 0.717) is 5.41 Å². The molecular weight excluding hydrogens is 242 g/mol. The van der Waals surface area contributed by atoms with Crippen LogP contribution < -0.4 is 11.3 Å². The van der Waals surface area contributed by atoms with E-state index in [4.69, 9.17) is 10.6 Å². The molecule has 0 aliphatic carbocycles. The Bertz CT molecular complexity index is 327. The normalized spacial score (nSPS) is 32.7. The van der Waals surface area contributed by atoms with Crippen molar-refractivity contribution in [1.82, 2.24) is 10.3 Å². The zero-order chi connectivity index (χ0) is 14.0. The van der Waals surface area contributed by atoms with E-state index in [1.165, 1.54) is 6.42 Å². The maximum absolute atomic E-state index is 11.4. The molecule has 0 aromatic heterocycles. The maximum atomic E-state index is 11.4. The van der Waals surface area contributed by atoms with Crippen molar-refractivity contribution in [3.8, 4) is 0 Å². The predicted molar refractivity (Wildman–Crippen MR) is 74.2 cm³/mol. The van der Waals surface area contributed by atoms with Crippen LogP contribution in [0, 0.1) is 11.3 Å². The van der Waals surface area contributed by atoms with Crippen LogP contribution >= 0.6 is 0 Å². The number of nitrogens with two attached hydrogens (primary N) is 1. The summed E-state index contributed by atoms with van der Waals surface area (Å²) in [5.74, 6) is 5.70. The van der Waals surface area contributed by atoms with Crippen LogP contribution in [0.3, 0.4) is 0 Å². The molecule has 2 saturated heterocycles. The third-order valence-corrected chi connectivity index (χ3v) is 4.50. The predicted octanol–water partition coefficient (Wildman–Crippen LogP) is 0.892. The molecule has 0 saturated carbocycles. The fourth-order valence-electron chi connectivity index (χ4n) is 3.12. The van der Waals surface area contributed by atoms with Gasteiger partial charge in [-0.2, -0.15) is 0 Å². The summed E-state index contributed by atoms with van der Waals surface area (Å²) in [6.45, 7) is 10.2. The van der Waals surface area contributed by atoms with Gasteiger partial charge in [0.2, 0.25) is 0 Å². The van der Waals surface area contributed by atoms with Gasteiger partial charge in [0.15, 0.2) is 0 Å². The van der Waals surface area contributed by atoms with Crippen molar-refractivity contribution in [2.24, 2.45) is 17.2 Å². The second kappa shape index (κ2) is 5.77. The van der Waals surface area contributed by atoms with Gasteiger partial charge >= 0.3 is 0 Å². The van der Waals surface area contributed by atoms with E-state index in [9.17, 15) is 4.79 Å². The Morgan fingerprint density at radius 3 is 2.68 bits per heavy atom. The second-order valence-corrected chi connectivity index (χ2v) is 6.94. The molecule has 2 heterocycles. The minimum Gasteiger partial charge on any atom is -0.364 e. The molecule has 110 valence electrons. The third kappa shape index (κ3) is 3.68. The lowest BCUT2D eigenvalue weighted by molar-refractivity contribution is -0.132. The van der Waals surface area contributed by atoms with Gasteiger partial charge in [0.25, 0.3) is 5.91 Å². The highest BCUT2D eigenvalue weighted by Gasteiger charge is 2.35. The highest BCUT2D eigenvalue weighted by molar-refractivity contribution is 5.80. The zero-order valence-corrected chi connectivity index (χ0v) is 12.3. The van der Waals surface area contributed by atoms with Crippen LogP contribution in [-0.4, -0.2) is 42.6 Å². The van der Waals surface area contributed by atoms with Gasteiger partial charge < -0.3 is 9.64 Å². The van der Waals surface area contributed by atoms with E-state index in [1.54, 1.807) is 0 Å². The van der Waals surface area contributed by atoms with Crippen LogP contribution in [0.2, 0.25) is 0 Å². The number of rotatable bonds is 3. The molecule has 5 heteroatoms. The molecule has 3 unspecified atom stereocenters. The Kier molecular flexibility index (Phi) is 4.48. The molecule has 3 N–H and O–H groups in total. The lowest BCUT2D eigenvalue weighted by Crippen LogP contribution is -2.40. The Hall–Kier alpha value is -0.650. The Balaban J connectivity index is 1.77. The number of amides is 1. The molecule has 5 nitrogen and oxygen atoms in total. The number of hydrogen-bond donors (Lipinski definition) is 2. The first-order valence-electron chi connectivity index (χ1n) is 7.28. The lowest BCUT2D eigenvalue weighted by Gasteiger charge is -2.27. The first-order valence-corrected chi connectivity index (χ1v) is 7.28. The monoisotopic (exact) mass is 269 g/mol. The Morgan fingerprint density at radius 2 is 2.11 bits per heavy atom. The minimum absolute atomic E-state index is 0.181. The molecule has 3 atom stereocenters. The van der Waals surface area contributed by atoms with Crippen molar-refractivity contribution in [1.29, 1.82) is 0 Å². The maximum Gasteiger partial charge on any atom is 0.263 e. The number of carbonyl (C=O) groups excluding carboxylic acids is 1. The Morgan fingerprint density at radius 1 is 1.37 bits per heavy atom. The molecular formula is C14H27N3O2. The number of nitrogens with zero attached hydrogens (tertiary/aromatic N) is 1. The van der Waals surface area contributed by atoms with Crippen molar-refractivity contribution in [3.05, 3.63) is 0 Å². The number of hydrazine groups is 1. The zero-order valence-electron chi connectivity index (χ0n) is 12.3. The summed E-state index contributed by atoms with van der Waals surface area (Å²) in [7, 11) is 0. The largest absolute Gasteiger partial charge is 0.364 e. The summed E-state index contributed by atoms with van der Waals surface area (Å²) in [6.07, 6.45) is 2.83. The highest BCUT2D eigenvalue weighted by Crippen LogP contribution is 2.34. The molecule has 2 aliphatic rings. The lowest BCUT2D eigenvalue weighted by atomic mass is 9.80. The third-order valence-electron chi connectivity index (χ3n) is 4.50. The Labute approximate surface area is 115 Å². The van der Waals surface area contributed by atoms with E-state index in [2.05, 4.69) is 31.1 Å². The molecule has 2 rings (SSSR count). The van der Waals surface area contributed by atoms with Crippen molar-refractivity contribution in [3.63, 3.8) is 0 Å². The number of likely N-dealkylation sites (tertiary alicyclic amines) is 1. The molecule has 2 fully saturated rings. The van der Waals surface area contributed by atoms with Gasteiger partial charge in [-0.1, -0.05) is 20.8 Å². The average molecular weight is 269 g/mol. The van der Waals surface area contributed by atoms with Gasteiger partial charge in [0.05, 0.1) is 6.10 Å². The van der Waals surface area contributed by atoms with Gasteiger partial charge in [-0.15, -0.1) is 0 Å². The summed E-state index contributed by atoms with van der Waals surface area (Å²) in [6, 6.07) is 0. The smallest absolute Gasteiger partial charge is 0.263 e. The average Bonchev–Trinajstić information content (AvgIpc) is 2.97. The van der Waals surface area contributed by atoms with E-state index < -0.39 is 0 Å². The van der Waals surface area contributed by atoms with Crippen molar-refractivity contribution in [2.75, 3.05) is 19.6 Å². The van der Waals surface area contributed by atoms with E-state index in [0.717, 1.165) is 38.4 Å². The molecule has 0 aromatic carbocycles. The summed E-state index contributed by atoms with van der Waals surface area (Å²) >= 11 is 0. The van der Waals surface area contributed by atoms with Crippen LogP contribution in [0.25, 0.3) is 0 Å². The fraction of sp³-hybridized carbons (Fsp3) is 0.929. The van der Waals surface area contributed by atoms with Gasteiger partial charge in [0.1, 0.15) is 6.10 Å². The first kappa shape index (κ1) is 14.8. The van der Waals surface area contributed by atoms with E-state index >= 15 is 0 Å². The number of hydrogen-bond acceptors (Lipinski definition) is 4. The van der Waals surface area contributed by atoms with E-state index in [-0.39, 0.29) is 18.1 Å². The highest BCUT2D eigenvalue weighted by atomic mass is 16.5. The van der Waals surface area contributed by atoms with Crippen LogP contribution in [-0.2, 0) is 9.53 Å². The summed E-state index contributed by atoms with van der Waals surface area (Å²) in [5.41, 5.74) is 2.55. The van der Waals surface area contributed by atoms with Crippen molar-refractivity contribution >= 4 is 5.91 Å². The van der Waals surface area contributed by atoms with Crippen LogP contribution in [0.5, 0.6) is 0 Å². The van der Waals surface area contributed by atoms with Gasteiger partial charge in [-0.05, 0) is 37.1 Å². The standard InChI is InChI=1S/C14H27N3O2/c1-14(2,3)10-6-7-17(8-10)9-11-4-5-12(19-11)13(18)16-15/h10-12H,4-9,15H2,1-3H3,(H,16,18). The van der Waals surface area contributed by atoms with Crippen molar-refractivity contribution in [2.45, 2.75) is 52.2 Å². The van der Waals surface area contributed by atoms with Gasteiger partial charge in [-0.25, -0.2) is 5.84 Å². The van der Waals surface area contributed by atoms with Gasteiger partial charge in [0, 0.05) is 13.1 Å². The van der Waals surface area contributed by atoms with Crippen LogP contribution in [0.1, 0.15) is 40.0 Å². The van der Waals surface area contributed by atoms with Crippen LogP contribution in [0.4, 0.5) is 0 Å². The summed E-state index contributed by atoms with van der Waals surface area (Å²) in [4.78, 5) is 13.9. The topological polar surface area (TPSA) is 67.6 Å². The van der Waals surface area contributed by atoms with E-state index in [1.807, 2.05) is 0 Å². The van der Waals surface area contributed by atoms with Gasteiger partial charge in [-0.3, -0.25) is 10.2 Å². The summed E-state index contributed by atoms with van der Waals surface area (Å²) in [5, 5.41) is 0. The molecule has 2 aliphatic heterocycles. The molecule has 0 spiro atoms. The van der Waals surface area contributed by atoms with Crippen molar-refractivity contribution < 1.29 is 9.53 Å². The molecule has 0 radical (unpaired) electrons. The molecule has 0 bridgehead atoms. The fourth-order valence-corrected chi connectivity index (χ4v) is 3.12. The number of carbonyl (C=O) groups is 1. The summed E-state index contributed by atoms with van der Waals surface area (Å²) < 4.78 is 5.76. The molecule has 0 aromatic rings. The number of ether oxygens (including phenoxy) is 1.